The van der Waals surface area contributed by atoms with Crippen molar-refractivity contribution in [2.45, 2.75) is 57.8 Å². The van der Waals surface area contributed by atoms with Crippen molar-refractivity contribution < 1.29 is 4.79 Å². The third-order valence-electron chi connectivity index (χ3n) is 4.23. The monoisotopic (exact) mass is 205 g/mol. The van der Waals surface area contributed by atoms with Crippen LogP contribution in [-0.2, 0) is 4.79 Å². The fourth-order valence-corrected chi connectivity index (χ4v) is 3.29. The van der Waals surface area contributed by atoms with E-state index >= 15 is 0 Å². The van der Waals surface area contributed by atoms with Gasteiger partial charge in [0.25, 0.3) is 0 Å². The molecule has 0 bridgehead atoms. The van der Waals surface area contributed by atoms with Gasteiger partial charge in [-0.15, -0.1) is 0 Å². The molecule has 0 aliphatic heterocycles. The van der Waals surface area contributed by atoms with Gasteiger partial charge in [-0.25, -0.2) is 0 Å². The summed E-state index contributed by atoms with van der Waals surface area (Å²) in [5.74, 6) is 0.746. The van der Waals surface area contributed by atoms with Crippen molar-refractivity contribution in [1.82, 2.24) is 0 Å². The minimum Gasteiger partial charge on any atom is -0.300 e. The van der Waals surface area contributed by atoms with Gasteiger partial charge >= 0.3 is 0 Å². The molecular formula is C13H19NO. The molecule has 1 atom stereocenters. The standard InChI is InChI=1S/C13H19NO/c14-10-13(7-2-1-3-8-13)11-5-4-6-12(15)9-11/h11H,1-9H2. The van der Waals surface area contributed by atoms with Crippen LogP contribution < -0.4 is 0 Å². The molecule has 0 heterocycles. The molecule has 0 aromatic carbocycles. The van der Waals surface area contributed by atoms with Crippen molar-refractivity contribution in [3.05, 3.63) is 0 Å². The Morgan fingerprint density at radius 3 is 2.53 bits per heavy atom. The van der Waals surface area contributed by atoms with Gasteiger partial charge < -0.3 is 0 Å². The summed E-state index contributed by atoms with van der Waals surface area (Å²) in [5, 5.41) is 9.42. The van der Waals surface area contributed by atoms with Gasteiger partial charge in [0, 0.05) is 12.8 Å². The van der Waals surface area contributed by atoms with Gasteiger partial charge in [-0.05, 0) is 31.6 Å². The summed E-state index contributed by atoms with van der Waals surface area (Å²) in [6.07, 6.45) is 9.21. The maximum atomic E-state index is 11.5. The van der Waals surface area contributed by atoms with Crippen LogP contribution in [0, 0.1) is 22.7 Å². The molecule has 2 saturated carbocycles. The smallest absolute Gasteiger partial charge is 0.133 e. The van der Waals surface area contributed by atoms with E-state index in [4.69, 9.17) is 0 Å². The first kappa shape index (κ1) is 10.7. The molecule has 0 saturated heterocycles. The van der Waals surface area contributed by atoms with Crippen LogP contribution in [0.4, 0.5) is 0 Å². The zero-order chi connectivity index (χ0) is 10.7. The largest absolute Gasteiger partial charge is 0.300 e. The van der Waals surface area contributed by atoms with Gasteiger partial charge in [-0.3, -0.25) is 4.79 Å². The molecule has 2 nitrogen and oxygen atoms in total. The lowest BCUT2D eigenvalue weighted by Crippen LogP contribution is -2.35. The van der Waals surface area contributed by atoms with Gasteiger partial charge in [0.15, 0.2) is 0 Å². The Balaban J connectivity index is 2.11. The van der Waals surface area contributed by atoms with Crippen molar-refractivity contribution >= 4 is 5.78 Å². The van der Waals surface area contributed by atoms with Crippen LogP contribution in [0.2, 0.25) is 0 Å². The van der Waals surface area contributed by atoms with Crippen LogP contribution in [0.1, 0.15) is 57.8 Å². The number of Topliss-reactive ketones (excluding diaryl/α,β-unsaturated/α-hetero) is 1. The van der Waals surface area contributed by atoms with Crippen molar-refractivity contribution in [3.63, 3.8) is 0 Å². The molecule has 2 rings (SSSR count). The van der Waals surface area contributed by atoms with Gasteiger partial charge in [0.2, 0.25) is 0 Å². The Morgan fingerprint density at radius 1 is 1.20 bits per heavy atom. The van der Waals surface area contributed by atoms with Crippen LogP contribution in [0.15, 0.2) is 0 Å². The second kappa shape index (κ2) is 4.35. The predicted octanol–water partition coefficient (Wildman–Crippen LogP) is 3.22. The third kappa shape index (κ3) is 2.07. The summed E-state index contributed by atoms with van der Waals surface area (Å²) in [6.45, 7) is 0. The molecule has 0 spiro atoms. The number of carbonyl (C=O) groups is 1. The Labute approximate surface area is 91.7 Å². The molecule has 0 aromatic rings. The van der Waals surface area contributed by atoms with E-state index in [0.717, 1.165) is 32.1 Å². The number of nitriles is 1. The minimum absolute atomic E-state index is 0.145. The number of rotatable bonds is 1. The van der Waals surface area contributed by atoms with Gasteiger partial charge in [0.05, 0.1) is 11.5 Å². The highest BCUT2D eigenvalue weighted by Crippen LogP contribution is 2.47. The number of hydrogen-bond acceptors (Lipinski definition) is 2. The van der Waals surface area contributed by atoms with Gasteiger partial charge in [-0.1, -0.05) is 19.3 Å². The Hall–Kier alpha value is -0.840. The summed E-state index contributed by atoms with van der Waals surface area (Å²) >= 11 is 0. The van der Waals surface area contributed by atoms with E-state index in [1.54, 1.807) is 0 Å². The second-order valence-electron chi connectivity index (χ2n) is 5.16. The molecule has 2 aliphatic carbocycles. The number of carbonyl (C=O) groups excluding carboxylic acids is 1. The zero-order valence-corrected chi connectivity index (χ0v) is 9.30. The summed E-state index contributed by atoms with van der Waals surface area (Å²) in [5.41, 5.74) is -0.145. The second-order valence-corrected chi connectivity index (χ2v) is 5.16. The summed E-state index contributed by atoms with van der Waals surface area (Å²) < 4.78 is 0. The highest BCUT2D eigenvalue weighted by Gasteiger charge is 2.41. The maximum absolute atomic E-state index is 11.5. The molecule has 2 fully saturated rings. The first-order chi connectivity index (χ1) is 7.27. The van der Waals surface area contributed by atoms with Crippen molar-refractivity contribution in [2.75, 3.05) is 0 Å². The SMILES string of the molecule is N#CC1(C2CCCC(=O)C2)CCCCC1. The van der Waals surface area contributed by atoms with E-state index in [-0.39, 0.29) is 5.41 Å². The molecular weight excluding hydrogens is 186 g/mol. The normalized spacial score (nSPS) is 30.9. The molecule has 82 valence electrons. The molecule has 2 aliphatic rings. The highest BCUT2D eigenvalue weighted by molar-refractivity contribution is 5.79. The molecule has 15 heavy (non-hydrogen) atoms. The summed E-state index contributed by atoms with van der Waals surface area (Å²) in [6, 6.07) is 2.56. The first-order valence-corrected chi connectivity index (χ1v) is 6.20. The minimum atomic E-state index is -0.145. The molecule has 0 radical (unpaired) electrons. The molecule has 0 amide bonds. The van der Waals surface area contributed by atoms with E-state index in [9.17, 15) is 10.1 Å². The van der Waals surface area contributed by atoms with Crippen LogP contribution in [0.5, 0.6) is 0 Å². The molecule has 0 N–H and O–H groups in total. The fourth-order valence-electron chi connectivity index (χ4n) is 3.29. The van der Waals surface area contributed by atoms with Crippen molar-refractivity contribution in [3.8, 4) is 6.07 Å². The Bertz CT molecular complexity index is 283. The van der Waals surface area contributed by atoms with Crippen LogP contribution >= 0.6 is 0 Å². The van der Waals surface area contributed by atoms with E-state index < -0.39 is 0 Å². The molecule has 0 aromatic heterocycles. The summed E-state index contributed by atoms with van der Waals surface area (Å²) in [7, 11) is 0. The van der Waals surface area contributed by atoms with Gasteiger partial charge in [-0.2, -0.15) is 5.26 Å². The van der Waals surface area contributed by atoms with E-state index in [1.807, 2.05) is 0 Å². The van der Waals surface area contributed by atoms with E-state index in [0.29, 0.717) is 18.1 Å². The lowest BCUT2D eigenvalue weighted by molar-refractivity contribution is -0.122. The lowest BCUT2D eigenvalue weighted by atomic mass is 9.62. The first-order valence-electron chi connectivity index (χ1n) is 6.20. The van der Waals surface area contributed by atoms with Gasteiger partial charge in [0.1, 0.15) is 5.78 Å². The average molecular weight is 205 g/mol. The van der Waals surface area contributed by atoms with Crippen LogP contribution in [-0.4, -0.2) is 5.78 Å². The van der Waals surface area contributed by atoms with Crippen LogP contribution in [0.25, 0.3) is 0 Å². The highest BCUT2D eigenvalue weighted by atomic mass is 16.1. The van der Waals surface area contributed by atoms with Crippen molar-refractivity contribution in [1.29, 1.82) is 5.26 Å². The quantitative estimate of drug-likeness (QED) is 0.659. The average Bonchev–Trinajstić information content (AvgIpc) is 2.30. The Kier molecular flexibility index (Phi) is 3.09. The topological polar surface area (TPSA) is 40.9 Å². The summed E-state index contributed by atoms with van der Waals surface area (Å²) in [4.78, 5) is 11.5. The molecule has 1 unspecified atom stereocenters. The number of hydrogen-bond donors (Lipinski definition) is 0. The lowest BCUT2D eigenvalue weighted by Gasteiger charge is -2.39. The third-order valence-corrected chi connectivity index (χ3v) is 4.23. The van der Waals surface area contributed by atoms with E-state index in [2.05, 4.69) is 6.07 Å². The van der Waals surface area contributed by atoms with Crippen molar-refractivity contribution in [2.24, 2.45) is 11.3 Å². The molecule has 2 heteroatoms. The van der Waals surface area contributed by atoms with Crippen LogP contribution in [0.3, 0.4) is 0 Å². The predicted molar refractivity (Wildman–Crippen MR) is 58.1 cm³/mol. The zero-order valence-electron chi connectivity index (χ0n) is 9.30. The fraction of sp³-hybridized carbons (Fsp3) is 0.846. The van der Waals surface area contributed by atoms with E-state index in [1.165, 1.54) is 19.3 Å². The maximum Gasteiger partial charge on any atom is 0.133 e. The number of ketones is 1. The Morgan fingerprint density at radius 2 is 1.93 bits per heavy atom. The number of nitrogens with zero attached hydrogens (tertiary/aromatic N) is 1.